The summed E-state index contributed by atoms with van der Waals surface area (Å²) in [6.07, 6.45) is 5.47. The van der Waals surface area contributed by atoms with Crippen molar-refractivity contribution in [2.75, 3.05) is 0 Å². The molecule has 0 aliphatic heterocycles. The number of H-pyrrole nitrogens is 1. The molecule has 0 bridgehead atoms. The summed E-state index contributed by atoms with van der Waals surface area (Å²) in [5.74, 6) is -0.860. The topological polar surface area (TPSA) is 92.3 Å². The molecule has 1 heterocycles. The number of carboxylic acid groups (broad SMARTS) is 1. The Morgan fingerprint density at radius 2 is 2.33 bits per heavy atom. The SMILES string of the molecule is O=COc1cc(/C=C/C=C/C(=O)O)[nH]n1. The Morgan fingerprint density at radius 1 is 1.53 bits per heavy atom. The number of allylic oxidation sites excluding steroid dienone is 2. The summed E-state index contributed by atoms with van der Waals surface area (Å²) in [6, 6.07) is 1.50. The van der Waals surface area contributed by atoms with Crippen LogP contribution in [0.3, 0.4) is 0 Å². The predicted octanol–water partition coefficient (Wildman–Crippen LogP) is 0.599. The molecule has 1 aromatic heterocycles. The van der Waals surface area contributed by atoms with Gasteiger partial charge in [0.05, 0.1) is 5.69 Å². The predicted molar refractivity (Wildman–Crippen MR) is 51.1 cm³/mol. The highest BCUT2D eigenvalue weighted by molar-refractivity contribution is 5.80. The number of carbonyl (C=O) groups is 2. The Labute approximate surface area is 84.9 Å². The fraction of sp³-hybridized carbons (Fsp3) is 0. The lowest BCUT2D eigenvalue weighted by molar-refractivity contribution is -0.131. The largest absolute Gasteiger partial charge is 0.478 e. The van der Waals surface area contributed by atoms with Crippen LogP contribution in [0.15, 0.2) is 24.3 Å². The molecule has 0 aliphatic carbocycles. The van der Waals surface area contributed by atoms with Crippen molar-refractivity contribution in [1.29, 1.82) is 0 Å². The number of aromatic nitrogens is 2. The molecule has 0 saturated carbocycles. The van der Waals surface area contributed by atoms with Gasteiger partial charge in [-0.1, -0.05) is 12.2 Å². The van der Waals surface area contributed by atoms with E-state index >= 15 is 0 Å². The van der Waals surface area contributed by atoms with Gasteiger partial charge in [0.15, 0.2) is 0 Å². The number of hydrogen-bond donors (Lipinski definition) is 2. The number of hydrogen-bond acceptors (Lipinski definition) is 4. The van der Waals surface area contributed by atoms with Crippen molar-refractivity contribution in [3.63, 3.8) is 0 Å². The van der Waals surface area contributed by atoms with E-state index in [9.17, 15) is 9.59 Å². The number of ether oxygens (including phenoxy) is 1. The molecule has 0 radical (unpaired) electrons. The fourth-order valence-electron chi connectivity index (χ4n) is 0.809. The summed E-state index contributed by atoms with van der Waals surface area (Å²) in [6.45, 7) is 0.272. The molecule has 6 heteroatoms. The van der Waals surface area contributed by atoms with Gasteiger partial charge in [0.2, 0.25) is 5.88 Å². The fourth-order valence-corrected chi connectivity index (χ4v) is 0.809. The zero-order chi connectivity index (χ0) is 11.1. The van der Waals surface area contributed by atoms with Gasteiger partial charge in [-0.3, -0.25) is 9.89 Å². The van der Waals surface area contributed by atoms with Crippen LogP contribution >= 0.6 is 0 Å². The van der Waals surface area contributed by atoms with Crippen LogP contribution in [0.1, 0.15) is 5.69 Å². The third kappa shape index (κ3) is 3.90. The summed E-state index contributed by atoms with van der Waals surface area (Å²) < 4.78 is 4.46. The smallest absolute Gasteiger partial charge is 0.328 e. The second kappa shape index (κ2) is 5.38. The lowest BCUT2D eigenvalue weighted by Gasteiger charge is -1.83. The van der Waals surface area contributed by atoms with Gasteiger partial charge in [0.25, 0.3) is 6.47 Å². The average molecular weight is 208 g/mol. The molecular weight excluding hydrogens is 200 g/mol. The van der Waals surface area contributed by atoms with Crippen molar-refractivity contribution in [2.45, 2.75) is 0 Å². The van der Waals surface area contributed by atoms with Crippen LogP contribution in [-0.2, 0) is 9.59 Å². The van der Waals surface area contributed by atoms with Crippen LogP contribution in [0, 0.1) is 0 Å². The van der Waals surface area contributed by atoms with Crippen LogP contribution in [0.4, 0.5) is 0 Å². The lowest BCUT2D eigenvalue weighted by atomic mass is 10.3. The minimum atomic E-state index is -1.02. The van der Waals surface area contributed by atoms with Crippen molar-refractivity contribution in [2.24, 2.45) is 0 Å². The van der Waals surface area contributed by atoms with E-state index in [-0.39, 0.29) is 12.4 Å². The monoisotopic (exact) mass is 208 g/mol. The Morgan fingerprint density at radius 3 is 3.00 bits per heavy atom. The molecule has 15 heavy (non-hydrogen) atoms. The van der Waals surface area contributed by atoms with Crippen LogP contribution in [0.5, 0.6) is 5.88 Å². The van der Waals surface area contributed by atoms with Crippen LogP contribution in [-0.4, -0.2) is 27.7 Å². The first-order valence-electron chi connectivity index (χ1n) is 3.96. The zero-order valence-corrected chi connectivity index (χ0v) is 7.58. The number of carboxylic acids is 1. The van der Waals surface area contributed by atoms with E-state index in [2.05, 4.69) is 14.9 Å². The molecule has 0 fully saturated rings. The summed E-state index contributed by atoms with van der Waals surface area (Å²) in [4.78, 5) is 20.0. The van der Waals surface area contributed by atoms with Crippen LogP contribution < -0.4 is 4.74 Å². The highest BCUT2D eigenvalue weighted by Crippen LogP contribution is 2.08. The van der Waals surface area contributed by atoms with E-state index in [1.54, 1.807) is 6.08 Å². The second-order valence-corrected chi connectivity index (χ2v) is 2.43. The highest BCUT2D eigenvalue weighted by atomic mass is 16.5. The number of rotatable bonds is 5. The normalized spacial score (nSPS) is 10.9. The Kier molecular flexibility index (Phi) is 3.84. The first kappa shape index (κ1) is 10.7. The van der Waals surface area contributed by atoms with Crippen molar-refractivity contribution in [1.82, 2.24) is 10.2 Å². The zero-order valence-electron chi connectivity index (χ0n) is 7.58. The van der Waals surface area contributed by atoms with Crippen molar-refractivity contribution >= 4 is 18.5 Å². The minimum absolute atomic E-state index is 0.159. The summed E-state index contributed by atoms with van der Waals surface area (Å²) in [5.41, 5.74) is 0.599. The Bertz CT molecular complexity index is 406. The van der Waals surface area contributed by atoms with Gasteiger partial charge >= 0.3 is 5.97 Å². The van der Waals surface area contributed by atoms with Crippen molar-refractivity contribution < 1.29 is 19.4 Å². The van der Waals surface area contributed by atoms with Gasteiger partial charge in [0.1, 0.15) is 0 Å². The molecule has 1 aromatic rings. The van der Waals surface area contributed by atoms with E-state index in [1.165, 1.54) is 18.2 Å². The van der Waals surface area contributed by atoms with E-state index in [1.807, 2.05) is 0 Å². The molecule has 0 aromatic carbocycles. The van der Waals surface area contributed by atoms with Gasteiger partial charge < -0.3 is 9.84 Å². The molecule has 78 valence electrons. The van der Waals surface area contributed by atoms with E-state index < -0.39 is 5.97 Å². The van der Waals surface area contributed by atoms with Gasteiger partial charge in [-0.15, -0.1) is 5.10 Å². The van der Waals surface area contributed by atoms with Gasteiger partial charge in [-0.05, 0) is 6.08 Å². The molecular formula is C9H8N2O4. The van der Waals surface area contributed by atoms with E-state index in [0.29, 0.717) is 5.69 Å². The number of nitrogens with one attached hydrogen (secondary N) is 1. The molecule has 0 unspecified atom stereocenters. The molecule has 0 atom stereocenters. The quantitative estimate of drug-likeness (QED) is 0.420. The molecule has 0 saturated heterocycles. The third-order valence-electron chi connectivity index (χ3n) is 1.37. The summed E-state index contributed by atoms with van der Waals surface area (Å²) in [7, 11) is 0. The highest BCUT2D eigenvalue weighted by Gasteiger charge is 1.96. The van der Waals surface area contributed by atoms with Crippen LogP contribution in [0.25, 0.3) is 6.08 Å². The molecule has 0 amide bonds. The van der Waals surface area contributed by atoms with E-state index in [0.717, 1.165) is 6.08 Å². The Balaban J connectivity index is 2.56. The molecule has 2 N–H and O–H groups in total. The standard InChI is InChI=1S/C9H8N2O4/c12-6-15-8-5-7(10-11-8)3-1-2-4-9(13)14/h1-6H,(H,10,11)(H,13,14)/b3-1+,4-2+. The van der Waals surface area contributed by atoms with E-state index in [4.69, 9.17) is 5.11 Å². The van der Waals surface area contributed by atoms with Gasteiger partial charge in [-0.25, -0.2) is 4.79 Å². The first-order valence-corrected chi connectivity index (χ1v) is 3.96. The number of carbonyl (C=O) groups excluding carboxylic acids is 1. The second-order valence-electron chi connectivity index (χ2n) is 2.43. The lowest BCUT2D eigenvalue weighted by Crippen LogP contribution is -1.87. The maximum atomic E-state index is 10.1. The molecule has 0 aliphatic rings. The molecule has 0 spiro atoms. The van der Waals surface area contributed by atoms with Crippen molar-refractivity contribution in [3.05, 3.63) is 30.0 Å². The minimum Gasteiger partial charge on any atom is -0.478 e. The molecule has 1 rings (SSSR count). The number of aliphatic carboxylic acids is 1. The average Bonchev–Trinajstić information content (AvgIpc) is 2.61. The first-order chi connectivity index (χ1) is 7.22. The Hall–Kier alpha value is -2.37. The van der Waals surface area contributed by atoms with Gasteiger partial charge in [-0.2, -0.15) is 0 Å². The third-order valence-corrected chi connectivity index (χ3v) is 1.37. The molecule has 6 nitrogen and oxygen atoms in total. The van der Waals surface area contributed by atoms with Gasteiger partial charge in [0, 0.05) is 12.1 Å². The summed E-state index contributed by atoms with van der Waals surface area (Å²) >= 11 is 0. The maximum Gasteiger partial charge on any atom is 0.328 e. The number of nitrogens with zero attached hydrogens (tertiary/aromatic N) is 1. The maximum absolute atomic E-state index is 10.1. The van der Waals surface area contributed by atoms with Crippen molar-refractivity contribution in [3.8, 4) is 5.88 Å². The number of aromatic amines is 1. The summed E-state index contributed by atoms with van der Waals surface area (Å²) in [5, 5.41) is 14.5. The van der Waals surface area contributed by atoms with Crippen LogP contribution in [0.2, 0.25) is 0 Å².